The molecule has 0 bridgehead atoms. The third-order valence-corrected chi connectivity index (χ3v) is 5.27. The predicted molar refractivity (Wildman–Crippen MR) is 102 cm³/mol. The number of carbonyl (C=O) groups is 1. The SMILES string of the molecule is COC(=O)CCC#Cc1cc(Cl)ccc1NS(=O)(=O)c1ccccc1C(F)(F)F. The number of methoxy groups -OCH3 is 1. The molecule has 154 valence electrons. The van der Waals surface area contributed by atoms with Gasteiger partial charge in [-0.3, -0.25) is 9.52 Å². The van der Waals surface area contributed by atoms with Crippen LogP contribution >= 0.6 is 11.6 Å². The van der Waals surface area contributed by atoms with E-state index in [0.29, 0.717) is 6.07 Å². The van der Waals surface area contributed by atoms with Gasteiger partial charge in [0.1, 0.15) is 0 Å². The zero-order valence-corrected chi connectivity index (χ0v) is 16.6. The van der Waals surface area contributed by atoms with E-state index in [1.165, 1.54) is 31.4 Å². The summed E-state index contributed by atoms with van der Waals surface area (Å²) in [6, 6.07) is 7.86. The maximum absolute atomic E-state index is 13.2. The monoisotopic (exact) mass is 445 g/mol. The van der Waals surface area contributed by atoms with Gasteiger partial charge in [0.05, 0.1) is 35.2 Å². The molecule has 0 spiro atoms. The highest BCUT2D eigenvalue weighted by atomic mass is 35.5. The van der Waals surface area contributed by atoms with Gasteiger partial charge in [0, 0.05) is 11.4 Å². The van der Waals surface area contributed by atoms with Crippen LogP contribution in [0.4, 0.5) is 18.9 Å². The van der Waals surface area contributed by atoms with Crippen LogP contribution in [0.1, 0.15) is 24.0 Å². The van der Waals surface area contributed by atoms with E-state index in [9.17, 15) is 26.4 Å². The van der Waals surface area contributed by atoms with Gasteiger partial charge < -0.3 is 4.74 Å². The van der Waals surface area contributed by atoms with Crippen LogP contribution < -0.4 is 4.72 Å². The second kappa shape index (κ2) is 9.20. The van der Waals surface area contributed by atoms with E-state index in [-0.39, 0.29) is 29.1 Å². The topological polar surface area (TPSA) is 72.5 Å². The number of alkyl halides is 3. The summed E-state index contributed by atoms with van der Waals surface area (Å²) in [5, 5.41) is 0.251. The summed E-state index contributed by atoms with van der Waals surface area (Å²) in [6.45, 7) is 0. The fraction of sp³-hybridized carbons (Fsp3) is 0.211. The molecule has 29 heavy (non-hydrogen) atoms. The molecule has 0 saturated heterocycles. The molecule has 0 atom stereocenters. The first-order valence-corrected chi connectivity index (χ1v) is 9.95. The Balaban J connectivity index is 2.38. The molecule has 0 fully saturated rings. The van der Waals surface area contributed by atoms with Crippen molar-refractivity contribution in [3.8, 4) is 11.8 Å². The van der Waals surface area contributed by atoms with Crippen LogP contribution in [0, 0.1) is 11.8 Å². The van der Waals surface area contributed by atoms with E-state index < -0.39 is 32.6 Å². The van der Waals surface area contributed by atoms with E-state index in [1.54, 1.807) is 0 Å². The largest absolute Gasteiger partial charge is 0.469 e. The minimum atomic E-state index is -4.85. The van der Waals surface area contributed by atoms with Crippen molar-refractivity contribution in [1.82, 2.24) is 0 Å². The van der Waals surface area contributed by atoms with Crippen molar-refractivity contribution in [1.29, 1.82) is 0 Å². The normalized spacial score (nSPS) is 11.3. The van der Waals surface area contributed by atoms with Crippen LogP contribution in [-0.4, -0.2) is 21.5 Å². The summed E-state index contributed by atoms with van der Waals surface area (Å²) in [7, 11) is -3.33. The van der Waals surface area contributed by atoms with Crippen molar-refractivity contribution in [3.63, 3.8) is 0 Å². The predicted octanol–water partition coefficient (Wildman–Crippen LogP) is 4.46. The quantitative estimate of drug-likeness (QED) is 0.544. The number of hydrogen-bond acceptors (Lipinski definition) is 4. The van der Waals surface area contributed by atoms with Crippen LogP contribution in [0.3, 0.4) is 0 Å². The fourth-order valence-corrected chi connectivity index (χ4v) is 3.75. The van der Waals surface area contributed by atoms with Gasteiger partial charge in [0.15, 0.2) is 0 Å². The summed E-state index contributed by atoms with van der Waals surface area (Å²) in [4.78, 5) is 10.2. The van der Waals surface area contributed by atoms with Gasteiger partial charge in [-0.15, -0.1) is 0 Å². The first-order chi connectivity index (χ1) is 13.5. The van der Waals surface area contributed by atoms with Crippen molar-refractivity contribution in [3.05, 3.63) is 58.6 Å². The molecule has 0 aromatic heterocycles. The Labute approximate surface area is 170 Å². The van der Waals surface area contributed by atoms with E-state index in [2.05, 4.69) is 21.3 Å². The lowest BCUT2D eigenvalue weighted by Gasteiger charge is -2.15. The van der Waals surface area contributed by atoms with Crippen molar-refractivity contribution in [2.45, 2.75) is 23.9 Å². The number of anilines is 1. The number of hydrogen-bond donors (Lipinski definition) is 1. The Morgan fingerprint density at radius 3 is 2.55 bits per heavy atom. The van der Waals surface area contributed by atoms with E-state index in [4.69, 9.17) is 11.6 Å². The minimum Gasteiger partial charge on any atom is -0.469 e. The van der Waals surface area contributed by atoms with Crippen molar-refractivity contribution >= 4 is 33.3 Å². The average Bonchev–Trinajstić information content (AvgIpc) is 2.66. The summed E-state index contributed by atoms with van der Waals surface area (Å²) in [5.41, 5.74) is -1.18. The van der Waals surface area contributed by atoms with E-state index in [0.717, 1.165) is 12.1 Å². The molecule has 0 aliphatic heterocycles. The van der Waals surface area contributed by atoms with Gasteiger partial charge >= 0.3 is 12.1 Å². The molecule has 2 rings (SSSR count). The number of rotatable bonds is 5. The van der Waals surface area contributed by atoms with Crippen LogP contribution in [0.15, 0.2) is 47.4 Å². The first kappa shape index (κ1) is 22.6. The zero-order valence-electron chi connectivity index (χ0n) is 15.0. The van der Waals surface area contributed by atoms with Crippen molar-refractivity contribution in [2.24, 2.45) is 0 Å². The lowest BCUT2D eigenvalue weighted by atomic mass is 10.2. The maximum atomic E-state index is 13.2. The van der Waals surface area contributed by atoms with Gasteiger partial charge in [-0.2, -0.15) is 13.2 Å². The number of ether oxygens (including phenoxy) is 1. The standard InChI is InChI=1S/C19H15ClF3NO4S/c1-28-18(25)9-5-2-6-13-12-14(20)10-11-16(13)24-29(26,27)17-8-4-3-7-15(17)19(21,22)23/h3-4,7-8,10-12,24H,5,9H2,1H3. The van der Waals surface area contributed by atoms with Gasteiger partial charge in [-0.05, 0) is 30.3 Å². The highest BCUT2D eigenvalue weighted by Gasteiger charge is 2.37. The van der Waals surface area contributed by atoms with Gasteiger partial charge in [0.25, 0.3) is 10.0 Å². The molecule has 0 aliphatic carbocycles. The van der Waals surface area contributed by atoms with Crippen LogP contribution in [0.5, 0.6) is 0 Å². The van der Waals surface area contributed by atoms with Crippen LogP contribution in [0.25, 0.3) is 0 Å². The Morgan fingerprint density at radius 2 is 1.90 bits per heavy atom. The number of carbonyl (C=O) groups excluding carboxylic acids is 1. The third kappa shape index (κ3) is 6.14. The number of esters is 1. The molecule has 0 aliphatic rings. The maximum Gasteiger partial charge on any atom is 0.417 e. The molecule has 0 heterocycles. The summed E-state index contributed by atoms with van der Waals surface area (Å²) >= 11 is 5.91. The number of halogens is 4. The molecule has 0 radical (unpaired) electrons. The molecular formula is C19H15ClF3NO4S. The van der Waals surface area contributed by atoms with Gasteiger partial charge in [-0.1, -0.05) is 35.6 Å². The second-order valence-corrected chi connectivity index (χ2v) is 7.75. The summed E-state index contributed by atoms with van der Waals surface area (Å²) in [5.74, 6) is 4.87. The molecule has 10 heteroatoms. The summed E-state index contributed by atoms with van der Waals surface area (Å²) in [6.07, 6.45) is -4.67. The lowest BCUT2D eigenvalue weighted by Crippen LogP contribution is -2.19. The van der Waals surface area contributed by atoms with Gasteiger partial charge in [-0.25, -0.2) is 8.42 Å². The van der Waals surface area contributed by atoms with Gasteiger partial charge in [0.2, 0.25) is 0 Å². The Hall–Kier alpha value is -2.70. The molecular weight excluding hydrogens is 431 g/mol. The third-order valence-electron chi connectivity index (χ3n) is 3.61. The highest BCUT2D eigenvalue weighted by molar-refractivity contribution is 7.92. The average molecular weight is 446 g/mol. The summed E-state index contributed by atoms with van der Waals surface area (Å²) < 4.78 is 71.4. The van der Waals surface area contributed by atoms with E-state index in [1.807, 2.05) is 0 Å². The zero-order chi connectivity index (χ0) is 21.7. The van der Waals surface area contributed by atoms with Crippen molar-refractivity contribution in [2.75, 3.05) is 11.8 Å². The smallest absolute Gasteiger partial charge is 0.417 e. The molecule has 0 saturated carbocycles. The number of sulfonamides is 1. The molecule has 2 aromatic rings. The van der Waals surface area contributed by atoms with Crippen molar-refractivity contribution < 1.29 is 31.1 Å². The Kier molecular flexibility index (Phi) is 7.16. The number of nitrogens with one attached hydrogen (secondary N) is 1. The molecule has 0 unspecified atom stereocenters. The number of benzene rings is 2. The van der Waals surface area contributed by atoms with Crippen LogP contribution in [0.2, 0.25) is 5.02 Å². The first-order valence-electron chi connectivity index (χ1n) is 8.09. The molecule has 0 amide bonds. The minimum absolute atomic E-state index is 0.0318. The molecule has 5 nitrogen and oxygen atoms in total. The second-order valence-electron chi connectivity index (χ2n) is 5.67. The molecule has 2 aromatic carbocycles. The lowest BCUT2D eigenvalue weighted by molar-refractivity contribution is -0.141. The van der Waals surface area contributed by atoms with E-state index >= 15 is 0 Å². The van der Waals surface area contributed by atoms with Crippen LogP contribution in [-0.2, 0) is 25.7 Å². The Morgan fingerprint density at radius 1 is 1.21 bits per heavy atom. The Bertz CT molecular complexity index is 1070. The molecule has 1 N–H and O–H groups in total. The highest BCUT2D eigenvalue weighted by Crippen LogP contribution is 2.35. The fourth-order valence-electron chi connectivity index (χ4n) is 2.27.